The molecule has 1 unspecified atom stereocenters. The maximum absolute atomic E-state index is 10.5. The molecule has 0 fully saturated rings. The molecule has 1 N–H and O–H groups in total. The van der Waals surface area contributed by atoms with Crippen LogP contribution in [0.5, 0.6) is 0 Å². The van der Waals surface area contributed by atoms with Crippen molar-refractivity contribution in [1.82, 2.24) is 0 Å². The molecule has 0 amide bonds. The number of anilines is 2. The second-order valence-corrected chi connectivity index (χ2v) is 10.9. The van der Waals surface area contributed by atoms with E-state index in [1.54, 1.807) is 12.1 Å². The van der Waals surface area contributed by atoms with E-state index in [9.17, 15) is 8.42 Å². The molecule has 0 bridgehead atoms. The molecule has 3 aromatic carbocycles. The number of allylic oxidation sites excluding steroid dienone is 5. The van der Waals surface area contributed by atoms with Gasteiger partial charge in [0.05, 0.1) is 10.9 Å². The van der Waals surface area contributed by atoms with Gasteiger partial charge in [0.25, 0.3) is 10.1 Å². The molecule has 0 saturated heterocycles. The third-order valence-electron chi connectivity index (χ3n) is 6.83. The normalized spacial score (nSPS) is 17.2. The lowest BCUT2D eigenvalue weighted by Gasteiger charge is -2.33. The molecule has 40 heavy (non-hydrogen) atoms. The summed E-state index contributed by atoms with van der Waals surface area (Å²) in [5.41, 5.74) is 7.33. The summed E-state index contributed by atoms with van der Waals surface area (Å²) in [4.78, 5) is 4.71. The average molecular weight is 553 g/mol. The number of fused-ring (bicyclic) bond motifs is 2. The van der Waals surface area contributed by atoms with Crippen LogP contribution in [0.15, 0.2) is 126 Å². The van der Waals surface area contributed by atoms with E-state index in [4.69, 9.17) is 4.55 Å². The zero-order valence-electron chi connectivity index (χ0n) is 23.2. The molecule has 0 aliphatic carbocycles. The Balaban J connectivity index is 0.000000283. The second-order valence-electron chi connectivity index (χ2n) is 9.48. The lowest BCUT2D eigenvalue weighted by atomic mass is 10.0. The molecule has 2 aliphatic heterocycles. The SMILES string of the molecule is CCN1C(=CC=CC=CC2C=Cc3ccccc3N2CC)C=Cc2ccccc21.Cc1ccc(S(=O)(=O)O)cc1. The van der Waals surface area contributed by atoms with E-state index in [2.05, 4.69) is 127 Å². The van der Waals surface area contributed by atoms with Crippen molar-refractivity contribution in [3.05, 3.63) is 138 Å². The first-order valence-electron chi connectivity index (χ1n) is 13.5. The van der Waals surface area contributed by atoms with E-state index >= 15 is 0 Å². The fraction of sp³-hybridized carbons (Fsp3) is 0.176. The van der Waals surface area contributed by atoms with Crippen molar-refractivity contribution in [2.24, 2.45) is 0 Å². The van der Waals surface area contributed by atoms with Crippen LogP contribution in [-0.2, 0) is 10.1 Å². The maximum Gasteiger partial charge on any atom is 0.294 e. The highest BCUT2D eigenvalue weighted by atomic mass is 32.2. The Kier molecular flexibility index (Phi) is 9.59. The van der Waals surface area contributed by atoms with Gasteiger partial charge in [0.1, 0.15) is 0 Å². The standard InChI is InChI=1S/C27H28N2.C7H8O3S/c1-3-28-24(20-18-22-12-8-10-16-26(22)28)14-6-5-7-15-25-21-19-23-13-9-11-17-27(23)29(25)4-2;1-6-2-4-7(5-3-6)11(8,9)10/h5-21,24H,3-4H2,1-2H3;2-5H,1H3,(H,8,9,10). The highest BCUT2D eigenvalue weighted by Crippen LogP contribution is 2.31. The lowest BCUT2D eigenvalue weighted by Crippen LogP contribution is -2.34. The predicted molar refractivity (Wildman–Crippen MR) is 168 cm³/mol. The van der Waals surface area contributed by atoms with Gasteiger partial charge in [-0.05, 0) is 68.3 Å². The minimum absolute atomic E-state index is 0.0666. The van der Waals surface area contributed by atoms with Gasteiger partial charge in [-0.2, -0.15) is 8.42 Å². The molecule has 0 radical (unpaired) electrons. The van der Waals surface area contributed by atoms with Gasteiger partial charge in [-0.3, -0.25) is 4.55 Å². The van der Waals surface area contributed by atoms with Gasteiger partial charge in [-0.1, -0.05) is 96.6 Å². The molecule has 5 nitrogen and oxygen atoms in total. The number of aryl methyl sites for hydroxylation is 1. The van der Waals surface area contributed by atoms with Crippen LogP contribution in [-0.4, -0.2) is 32.1 Å². The molecule has 2 heterocycles. The van der Waals surface area contributed by atoms with Crippen molar-refractivity contribution in [2.45, 2.75) is 31.7 Å². The fourth-order valence-electron chi connectivity index (χ4n) is 4.79. The smallest absolute Gasteiger partial charge is 0.294 e. The average Bonchev–Trinajstić information content (AvgIpc) is 2.96. The molecule has 0 saturated carbocycles. The third-order valence-corrected chi connectivity index (χ3v) is 7.69. The van der Waals surface area contributed by atoms with Crippen LogP contribution in [0.25, 0.3) is 12.2 Å². The van der Waals surface area contributed by atoms with Crippen LogP contribution < -0.4 is 9.80 Å². The van der Waals surface area contributed by atoms with Crippen LogP contribution >= 0.6 is 0 Å². The van der Waals surface area contributed by atoms with Crippen LogP contribution in [0, 0.1) is 6.92 Å². The van der Waals surface area contributed by atoms with E-state index < -0.39 is 10.1 Å². The summed E-state index contributed by atoms with van der Waals surface area (Å²) in [6.45, 7) is 8.19. The molecular formula is C34H36N2O3S. The lowest BCUT2D eigenvalue weighted by molar-refractivity contribution is 0.483. The highest BCUT2D eigenvalue weighted by molar-refractivity contribution is 7.85. The zero-order chi connectivity index (χ0) is 28.5. The van der Waals surface area contributed by atoms with Crippen LogP contribution in [0.2, 0.25) is 0 Å². The largest absolute Gasteiger partial charge is 0.361 e. The van der Waals surface area contributed by atoms with Crippen molar-refractivity contribution in [1.29, 1.82) is 0 Å². The molecule has 5 rings (SSSR count). The zero-order valence-corrected chi connectivity index (χ0v) is 24.0. The summed E-state index contributed by atoms with van der Waals surface area (Å²) >= 11 is 0. The van der Waals surface area contributed by atoms with Gasteiger partial charge < -0.3 is 9.80 Å². The number of benzene rings is 3. The van der Waals surface area contributed by atoms with E-state index in [1.807, 2.05) is 6.92 Å². The van der Waals surface area contributed by atoms with Gasteiger partial charge in [-0.25, -0.2) is 0 Å². The Morgan fingerprint density at radius 1 is 0.775 bits per heavy atom. The molecule has 2 aliphatic rings. The number of rotatable bonds is 6. The Bertz CT molecular complexity index is 1560. The number of nitrogens with zero attached hydrogens (tertiary/aromatic N) is 2. The van der Waals surface area contributed by atoms with E-state index in [-0.39, 0.29) is 4.90 Å². The Morgan fingerprint density at radius 2 is 1.43 bits per heavy atom. The second kappa shape index (κ2) is 13.3. The van der Waals surface area contributed by atoms with Crippen molar-refractivity contribution in [2.75, 3.05) is 22.9 Å². The molecule has 6 heteroatoms. The summed E-state index contributed by atoms with van der Waals surface area (Å²) in [5.74, 6) is 0. The highest BCUT2D eigenvalue weighted by Gasteiger charge is 2.18. The van der Waals surface area contributed by atoms with Crippen LogP contribution in [0.4, 0.5) is 11.4 Å². The van der Waals surface area contributed by atoms with Crippen molar-refractivity contribution in [3.63, 3.8) is 0 Å². The van der Waals surface area contributed by atoms with E-state index in [1.165, 1.54) is 40.3 Å². The van der Waals surface area contributed by atoms with E-state index in [0.29, 0.717) is 6.04 Å². The summed E-state index contributed by atoms with van der Waals surface area (Å²) in [5, 5.41) is 0. The Morgan fingerprint density at radius 3 is 2.08 bits per heavy atom. The van der Waals surface area contributed by atoms with Gasteiger partial charge in [0.2, 0.25) is 0 Å². The topological polar surface area (TPSA) is 60.9 Å². The number of hydrogen-bond acceptors (Lipinski definition) is 4. The third kappa shape index (κ3) is 7.08. The first kappa shape index (κ1) is 28.9. The number of para-hydroxylation sites is 2. The van der Waals surface area contributed by atoms with Crippen molar-refractivity contribution in [3.8, 4) is 0 Å². The maximum atomic E-state index is 10.5. The number of likely N-dealkylation sites (N-methyl/N-ethyl adjacent to an activating group) is 2. The molecule has 0 spiro atoms. The van der Waals surface area contributed by atoms with Gasteiger partial charge >= 0.3 is 0 Å². The predicted octanol–water partition coefficient (Wildman–Crippen LogP) is 7.70. The Labute approximate surface area is 238 Å². The molecule has 0 aromatic heterocycles. The first-order chi connectivity index (χ1) is 19.3. The minimum atomic E-state index is -4.02. The number of hydrogen-bond donors (Lipinski definition) is 1. The van der Waals surface area contributed by atoms with Gasteiger partial charge in [0, 0.05) is 30.2 Å². The summed E-state index contributed by atoms with van der Waals surface area (Å²) < 4.78 is 29.6. The molecule has 1 atom stereocenters. The molecular weight excluding hydrogens is 516 g/mol. The van der Waals surface area contributed by atoms with Crippen LogP contribution in [0.3, 0.4) is 0 Å². The summed E-state index contributed by atoms with van der Waals surface area (Å²) in [7, 11) is -4.02. The molecule has 3 aromatic rings. The summed E-state index contributed by atoms with van der Waals surface area (Å²) in [6, 6.07) is 23.4. The fourth-order valence-corrected chi connectivity index (χ4v) is 5.27. The van der Waals surface area contributed by atoms with E-state index in [0.717, 1.165) is 18.7 Å². The van der Waals surface area contributed by atoms with Crippen LogP contribution in [0.1, 0.15) is 30.5 Å². The quantitative estimate of drug-likeness (QED) is 0.251. The first-order valence-corrected chi connectivity index (χ1v) is 14.9. The summed E-state index contributed by atoms with van der Waals surface area (Å²) in [6.07, 6.45) is 19.7. The molecule has 206 valence electrons. The monoisotopic (exact) mass is 552 g/mol. The van der Waals surface area contributed by atoms with Crippen molar-refractivity contribution >= 4 is 33.6 Å². The van der Waals surface area contributed by atoms with Gasteiger partial charge in [-0.15, -0.1) is 0 Å². The minimum Gasteiger partial charge on any atom is -0.361 e. The van der Waals surface area contributed by atoms with Gasteiger partial charge in [0.15, 0.2) is 0 Å². The Hall–Kier alpha value is -4.13. The van der Waals surface area contributed by atoms with Crippen molar-refractivity contribution < 1.29 is 13.0 Å².